The molecule has 0 saturated carbocycles. The number of carbonyl (C=O) groups is 1. The first kappa shape index (κ1) is 25.2. The Morgan fingerprint density at radius 2 is 2.04 bits per heavy atom. The molecule has 0 bridgehead atoms. The summed E-state index contributed by atoms with van der Waals surface area (Å²) in [7, 11) is 0. The number of halogens is 2. The summed E-state index contributed by atoms with van der Waals surface area (Å²) in [5.41, 5.74) is 2.17. The number of amides is 1. The second-order valence-corrected chi connectivity index (χ2v) is 7.00. The average Bonchev–Trinajstić information content (AvgIpc) is 2.60. The van der Waals surface area contributed by atoms with Crippen molar-refractivity contribution in [2.75, 3.05) is 31.5 Å². The second-order valence-electron chi connectivity index (χ2n) is 7.00. The van der Waals surface area contributed by atoms with E-state index in [9.17, 15) is 4.79 Å². The zero-order valence-corrected chi connectivity index (χ0v) is 17.9. The van der Waals surface area contributed by atoms with Crippen molar-refractivity contribution in [2.24, 2.45) is 11.8 Å². The number of hydrogen-bond acceptors (Lipinski definition) is 3. The second kappa shape index (κ2) is 13.4. The molecule has 2 unspecified atom stereocenters. The van der Waals surface area contributed by atoms with E-state index < -0.39 is 0 Å². The molecule has 1 amide bonds. The van der Waals surface area contributed by atoms with Crippen molar-refractivity contribution in [3.05, 3.63) is 29.8 Å². The first-order valence-corrected chi connectivity index (χ1v) is 9.44. The fourth-order valence-electron chi connectivity index (χ4n) is 3.49. The summed E-state index contributed by atoms with van der Waals surface area (Å²) in [6.07, 6.45) is 3.07. The Morgan fingerprint density at radius 1 is 1.31 bits per heavy atom. The third kappa shape index (κ3) is 8.26. The molecular formula is C20H35Cl2N3O. The maximum Gasteiger partial charge on any atom is 0.224 e. The smallest absolute Gasteiger partial charge is 0.224 e. The van der Waals surface area contributed by atoms with Gasteiger partial charge in [0.25, 0.3) is 0 Å². The van der Waals surface area contributed by atoms with Crippen molar-refractivity contribution in [3.8, 4) is 0 Å². The third-order valence-electron chi connectivity index (χ3n) is 5.16. The lowest BCUT2D eigenvalue weighted by atomic mass is 9.85. The van der Waals surface area contributed by atoms with E-state index in [4.69, 9.17) is 0 Å². The third-order valence-corrected chi connectivity index (χ3v) is 5.16. The van der Waals surface area contributed by atoms with Gasteiger partial charge in [0.05, 0.1) is 0 Å². The van der Waals surface area contributed by atoms with Crippen LogP contribution in [0.1, 0.15) is 45.6 Å². The van der Waals surface area contributed by atoms with Gasteiger partial charge >= 0.3 is 0 Å². The summed E-state index contributed by atoms with van der Waals surface area (Å²) < 4.78 is 0. The Labute approximate surface area is 171 Å². The molecule has 26 heavy (non-hydrogen) atoms. The number of hydrogen-bond donors (Lipinski definition) is 2. The van der Waals surface area contributed by atoms with E-state index in [2.05, 4.69) is 48.4 Å². The van der Waals surface area contributed by atoms with Gasteiger partial charge in [0.2, 0.25) is 5.91 Å². The highest BCUT2D eigenvalue weighted by atomic mass is 35.5. The highest BCUT2D eigenvalue weighted by Crippen LogP contribution is 2.23. The molecule has 150 valence electrons. The number of rotatable bonds is 8. The van der Waals surface area contributed by atoms with Crippen molar-refractivity contribution in [3.63, 3.8) is 0 Å². The average molecular weight is 404 g/mol. The summed E-state index contributed by atoms with van der Waals surface area (Å²) in [6, 6.07) is 8.24. The van der Waals surface area contributed by atoms with Gasteiger partial charge in [0.15, 0.2) is 0 Å². The van der Waals surface area contributed by atoms with Crippen LogP contribution in [0.2, 0.25) is 0 Å². The predicted octanol–water partition coefficient (Wildman–Crippen LogP) is 4.34. The van der Waals surface area contributed by atoms with E-state index in [0.29, 0.717) is 18.3 Å². The summed E-state index contributed by atoms with van der Waals surface area (Å²) in [6.45, 7) is 11.7. The van der Waals surface area contributed by atoms with Crippen LogP contribution in [0.3, 0.4) is 0 Å². The van der Waals surface area contributed by atoms with Crippen LogP contribution in [0.15, 0.2) is 24.3 Å². The molecule has 1 heterocycles. The van der Waals surface area contributed by atoms with Gasteiger partial charge in [-0.05, 0) is 68.6 Å². The highest BCUT2D eigenvalue weighted by Gasteiger charge is 2.22. The number of anilines is 1. The van der Waals surface area contributed by atoms with E-state index >= 15 is 0 Å². The van der Waals surface area contributed by atoms with Crippen molar-refractivity contribution in [2.45, 2.75) is 46.6 Å². The van der Waals surface area contributed by atoms with Gasteiger partial charge in [-0.3, -0.25) is 9.69 Å². The fourth-order valence-corrected chi connectivity index (χ4v) is 3.49. The standard InChI is InChI=1S/C20H33N3O.2ClH/c1-4-23(5-2)15-17-8-6-10-19(13-17)22-20(24)12-16(3)18-9-7-11-21-14-18;;/h6,8,10,13,16,18,21H,4-5,7,9,11-12,14-15H2,1-3H3,(H,22,24);2*1H. The molecule has 0 aliphatic carbocycles. The maximum atomic E-state index is 12.4. The quantitative estimate of drug-likeness (QED) is 0.678. The van der Waals surface area contributed by atoms with Gasteiger partial charge in [-0.1, -0.05) is 32.9 Å². The summed E-state index contributed by atoms with van der Waals surface area (Å²) in [5, 5.41) is 6.52. The maximum absolute atomic E-state index is 12.4. The van der Waals surface area contributed by atoms with Crippen LogP contribution in [0.25, 0.3) is 0 Å². The Balaban J connectivity index is 0.00000312. The molecule has 4 nitrogen and oxygen atoms in total. The number of carbonyl (C=O) groups excluding carboxylic acids is 1. The zero-order chi connectivity index (χ0) is 17.4. The molecule has 6 heteroatoms. The molecule has 0 radical (unpaired) electrons. The van der Waals surface area contributed by atoms with Gasteiger partial charge in [-0.15, -0.1) is 24.8 Å². The molecule has 1 aliphatic rings. The summed E-state index contributed by atoms with van der Waals surface area (Å²) >= 11 is 0. The minimum absolute atomic E-state index is 0. The van der Waals surface area contributed by atoms with Crippen LogP contribution in [-0.2, 0) is 11.3 Å². The van der Waals surface area contributed by atoms with E-state index in [1.807, 2.05) is 12.1 Å². The van der Waals surface area contributed by atoms with Gasteiger partial charge in [0.1, 0.15) is 0 Å². The number of nitrogens with one attached hydrogen (secondary N) is 2. The van der Waals surface area contributed by atoms with Gasteiger partial charge in [-0.25, -0.2) is 0 Å². The van der Waals surface area contributed by atoms with Gasteiger partial charge < -0.3 is 10.6 Å². The Morgan fingerprint density at radius 3 is 2.65 bits per heavy atom. The molecule has 1 fully saturated rings. The minimum atomic E-state index is 0. The van der Waals surface area contributed by atoms with Crippen LogP contribution in [0, 0.1) is 11.8 Å². The van der Waals surface area contributed by atoms with Crippen LogP contribution in [0.5, 0.6) is 0 Å². The van der Waals surface area contributed by atoms with Crippen LogP contribution in [0.4, 0.5) is 5.69 Å². The molecule has 1 aliphatic heterocycles. The van der Waals surface area contributed by atoms with Gasteiger partial charge in [-0.2, -0.15) is 0 Å². The molecule has 2 atom stereocenters. The first-order valence-electron chi connectivity index (χ1n) is 9.44. The topological polar surface area (TPSA) is 44.4 Å². The predicted molar refractivity (Wildman–Crippen MR) is 116 cm³/mol. The lowest BCUT2D eigenvalue weighted by molar-refractivity contribution is -0.117. The van der Waals surface area contributed by atoms with Crippen LogP contribution >= 0.6 is 24.8 Å². The molecule has 0 spiro atoms. The number of piperidine rings is 1. The SMILES string of the molecule is CCN(CC)Cc1cccc(NC(=O)CC(C)C2CCCNC2)c1.Cl.Cl. The molecule has 0 aromatic heterocycles. The van der Waals surface area contributed by atoms with E-state index in [1.165, 1.54) is 18.4 Å². The molecule has 1 aromatic rings. The Kier molecular flexibility index (Phi) is 13.0. The Bertz CT molecular complexity index is 518. The van der Waals surface area contributed by atoms with Crippen molar-refractivity contribution >= 4 is 36.4 Å². The van der Waals surface area contributed by atoms with Gasteiger partial charge in [0, 0.05) is 18.7 Å². The fraction of sp³-hybridized carbons (Fsp3) is 0.650. The largest absolute Gasteiger partial charge is 0.326 e. The number of benzene rings is 1. The molecule has 1 saturated heterocycles. The summed E-state index contributed by atoms with van der Waals surface area (Å²) in [5.74, 6) is 1.18. The van der Waals surface area contributed by atoms with Crippen LogP contribution in [-0.4, -0.2) is 37.0 Å². The van der Waals surface area contributed by atoms with E-state index in [1.54, 1.807) is 0 Å². The monoisotopic (exact) mass is 403 g/mol. The lowest BCUT2D eigenvalue weighted by Gasteiger charge is -2.28. The minimum Gasteiger partial charge on any atom is -0.326 e. The van der Waals surface area contributed by atoms with E-state index in [-0.39, 0.29) is 30.7 Å². The zero-order valence-electron chi connectivity index (χ0n) is 16.3. The van der Waals surface area contributed by atoms with Crippen molar-refractivity contribution < 1.29 is 4.79 Å². The van der Waals surface area contributed by atoms with Crippen molar-refractivity contribution in [1.82, 2.24) is 10.2 Å². The number of nitrogens with zero attached hydrogens (tertiary/aromatic N) is 1. The molecule has 1 aromatic carbocycles. The molecule has 2 N–H and O–H groups in total. The van der Waals surface area contributed by atoms with E-state index in [0.717, 1.165) is 38.4 Å². The summed E-state index contributed by atoms with van der Waals surface area (Å²) in [4.78, 5) is 14.7. The lowest BCUT2D eigenvalue weighted by Crippen LogP contribution is -2.34. The molecule has 2 rings (SSSR count). The Hall–Kier alpha value is -0.810. The highest BCUT2D eigenvalue weighted by molar-refractivity contribution is 5.90. The normalized spacial score (nSPS) is 17.8. The van der Waals surface area contributed by atoms with Crippen LogP contribution < -0.4 is 10.6 Å². The first-order chi connectivity index (χ1) is 11.6. The molecular weight excluding hydrogens is 369 g/mol. The van der Waals surface area contributed by atoms with Crippen molar-refractivity contribution in [1.29, 1.82) is 0 Å².